The number of likely N-dealkylation sites (tertiary alicyclic amines) is 1. The van der Waals surface area contributed by atoms with Crippen LogP contribution in [-0.2, 0) is 14.4 Å². The van der Waals surface area contributed by atoms with E-state index in [-0.39, 0.29) is 23.4 Å². The molecule has 0 aliphatic carbocycles. The number of hydrogen-bond acceptors (Lipinski definition) is 6. The average molecular weight is 410 g/mol. The second-order valence-corrected chi connectivity index (χ2v) is 6.85. The van der Waals surface area contributed by atoms with E-state index in [1.165, 1.54) is 24.3 Å². The molecule has 0 bridgehead atoms. The van der Waals surface area contributed by atoms with Crippen LogP contribution < -0.4 is 0 Å². The minimum Gasteiger partial charge on any atom is -0.507 e. The molecule has 2 N–H and O–H groups in total. The number of carboxylic acids is 1. The Morgan fingerprint density at radius 3 is 2.40 bits per heavy atom. The number of Topliss-reactive ketones (excluding diaryl/α,β-unsaturated/α-hetero) is 1. The van der Waals surface area contributed by atoms with E-state index >= 15 is 0 Å². The average Bonchev–Trinajstić information content (AvgIpc) is 2.97. The number of non-ortho nitro benzene ring substituents is 1. The van der Waals surface area contributed by atoms with Gasteiger partial charge < -0.3 is 15.1 Å². The molecule has 2 aromatic carbocycles. The third-order valence-electron chi connectivity index (χ3n) is 4.83. The van der Waals surface area contributed by atoms with Crippen LogP contribution >= 0.6 is 0 Å². The van der Waals surface area contributed by atoms with Crippen molar-refractivity contribution in [3.8, 4) is 0 Å². The summed E-state index contributed by atoms with van der Waals surface area (Å²) in [4.78, 5) is 48.0. The van der Waals surface area contributed by atoms with Gasteiger partial charge in [-0.15, -0.1) is 0 Å². The van der Waals surface area contributed by atoms with Gasteiger partial charge in [-0.3, -0.25) is 24.5 Å². The Morgan fingerprint density at radius 1 is 1.13 bits per heavy atom. The molecule has 9 nitrogen and oxygen atoms in total. The Balaban J connectivity index is 2.19. The topological polar surface area (TPSA) is 138 Å². The molecule has 1 atom stereocenters. The molecule has 1 saturated heterocycles. The van der Waals surface area contributed by atoms with Gasteiger partial charge in [0.2, 0.25) is 0 Å². The summed E-state index contributed by atoms with van der Waals surface area (Å²) in [5.41, 5.74) is 0.944. The van der Waals surface area contributed by atoms with Crippen LogP contribution in [0.3, 0.4) is 0 Å². The number of aliphatic hydroxyl groups is 1. The Bertz CT molecular complexity index is 1070. The van der Waals surface area contributed by atoms with E-state index < -0.39 is 40.8 Å². The van der Waals surface area contributed by atoms with Gasteiger partial charge in [-0.2, -0.15) is 0 Å². The van der Waals surface area contributed by atoms with Crippen molar-refractivity contribution in [2.45, 2.75) is 19.4 Å². The fourth-order valence-corrected chi connectivity index (χ4v) is 3.35. The molecule has 0 radical (unpaired) electrons. The van der Waals surface area contributed by atoms with E-state index in [1.807, 2.05) is 6.92 Å². The highest BCUT2D eigenvalue weighted by molar-refractivity contribution is 6.46. The number of nitro benzene ring substituents is 1. The van der Waals surface area contributed by atoms with E-state index in [1.54, 1.807) is 24.3 Å². The number of hydrogen-bond donors (Lipinski definition) is 2. The monoisotopic (exact) mass is 410 g/mol. The number of amides is 1. The molecule has 3 rings (SSSR count). The first-order chi connectivity index (χ1) is 14.2. The lowest BCUT2D eigenvalue weighted by Crippen LogP contribution is -2.31. The molecule has 1 heterocycles. The zero-order chi connectivity index (χ0) is 22.0. The summed E-state index contributed by atoms with van der Waals surface area (Å²) in [7, 11) is 0. The summed E-state index contributed by atoms with van der Waals surface area (Å²) < 4.78 is 0. The first kappa shape index (κ1) is 20.7. The zero-order valence-electron chi connectivity index (χ0n) is 15.9. The summed E-state index contributed by atoms with van der Waals surface area (Å²) in [5.74, 6) is -3.55. The van der Waals surface area contributed by atoms with Crippen LogP contribution in [0.2, 0.25) is 0 Å². The van der Waals surface area contributed by atoms with Gasteiger partial charge >= 0.3 is 5.97 Å². The van der Waals surface area contributed by atoms with E-state index in [9.17, 15) is 29.6 Å². The summed E-state index contributed by atoms with van der Waals surface area (Å²) in [5, 5.41) is 31.0. The number of carbonyl (C=O) groups is 3. The maximum absolute atomic E-state index is 12.8. The van der Waals surface area contributed by atoms with Crippen molar-refractivity contribution in [1.82, 2.24) is 4.90 Å². The van der Waals surface area contributed by atoms with E-state index in [2.05, 4.69) is 0 Å². The highest BCUT2D eigenvalue weighted by Gasteiger charge is 2.46. The van der Waals surface area contributed by atoms with Gasteiger partial charge in [-0.25, -0.2) is 0 Å². The molecule has 154 valence electrons. The molecule has 1 aliphatic rings. The predicted molar refractivity (Wildman–Crippen MR) is 106 cm³/mol. The van der Waals surface area contributed by atoms with Crippen molar-refractivity contribution in [2.75, 3.05) is 6.54 Å². The molecule has 0 spiro atoms. The second kappa shape index (κ2) is 8.16. The molecule has 0 aromatic heterocycles. The number of nitrogens with zero attached hydrogens (tertiary/aromatic N) is 2. The lowest BCUT2D eigenvalue weighted by atomic mass is 9.94. The Morgan fingerprint density at radius 2 is 1.80 bits per heavy atom. The van der Waals surface area contributed by atoms with Crippen molar-refractivity contribution >= 4 is 29.1 Å². The quantitative estimate of drug-likeness (QED) is 0.245. The zero-order valence-corrected chi connectivity index (χ0v) is 15.9. The van der Waals surface area contributed by atoms with Crippen LogP contribution in [0.25, 0.3) is 5.76 Å². The molecule has 30 heavy (non-hydrogen) atoms. The number of aliphatic hydroxyl groups excluding tert-OH is 1. The van der Waals surface area contributed by atoms with Crippen LogP contribution in [0.15, 0.2) is 54.1 Å². The van der Waals surface area contributed by atoms with Crippen molar-refractivity contribution in [3.05, 3.63) is 80.9 Å². The third kappa shape index (κ3) is 3.90. The van der Waals surface area contributed by atoms with Gasteiger partial charge in [0.05, 0.1) is 23.0 Å². The van der Waals surface area contributed by atoms with E-state index in [0.717, 1.165) is 10.5 Å². The van der Waals surface area contributed by atoms with Crippen molar-refractivity contribution in [2.24, 2.45) is 0 Å². The maximum Gasteiger partial charge on any atom is 0.305 e. The van der Waals surface area contributed by atoms with E-state index in [4.69, 9.17) is 5.11 Å². The van der Waals surface area contributed by atoms with Gasteiger partial charge in [0, 0.05) is 24.2 Å². The van der Waals surface area contributed by atoms with Crippen LogP contribution in [-0.4, -0.2) is 44.2 Å². The summed E-state index contributed by atoms with van der Waals surface area (Å²) in [6, 6.07) is 10.8. The van der Waals surface area contributed by atoms with Gasteiger partial charge in [0.15, 0.2) is 0 Å². The SMILES string of the molecule is Cc1ccc(C(O)=C2C(=O)C(=O)N(CCC(=O)O)[C@H]2c2cccc([N+](=O)[O-])c2)cc1. The summed E-state index contributed by atoms with van der Waals surface area (Å²) in [6.07, 6.45) is -0.428. The molecule has 1 fully saturated rings. The van der Waals surface area contributed by atoms with Gasteiger partial charge in [0.25, 0.3) is 17.4 Å². The molecular weight excluding hydrogens is 392 g/mol. The first-order valence-corrected chi connectivity index (χ1v) is 9.02. The fraction of sp³-hybridized carbons (Fsp3) is 0.190. The molecule has 2 aromatic rings. The number of ketones is 1. The van der Waals surface area contributed by atoms with Crippen LogP contribution in [0, 0.1) is 17.0 Å². The molecule has 0 unspecified atom stereocenters. The standard InChI is InChI=1S/C21H18N2O7/c1-12-5-7-13(8-6-12)19(26)17-18(14-3-2-4-15(11-14)23(29)30)22(10-9-16(24)25)21(28)20(17)27/h2-8,11,18,26H,9-10H2,1H3,(H,24,25)/t18-/m0/s1. The second-order valence-electron chi connectivity index (χ2n) is 6.85. The number of benzene rings is 2. The van der Waals surface area contributed by atoms with Crippen LogP contribution in [0.1, 0.15) is 29.2 Å². The number of aliphatic carboxylic acids is 1. The Kier molecular flexibility index (Phi) is 5.63. The van der Waals surface area contributed by atoms with Crippen LogP contribution in [0.5, 0.6) is 0 Å². The van der Waals surface area contributed by atoms with Crippen molar-refractivity contribution in [1.29, 1.82) is 0 Å². The third-order valence-corrected chi connectivity index (χ3v) is 4.83. The molecule has 9 heteroatoms. The lowest BCUT2D eigenvalue weighted by molar-refractivity contribution is -0.384. The largest absolute Gasteiger partial charge is 0.507 e. The highest BCUT2D eigenvalue weighted by atomic mass is 16.6. The molecular formula is C21H18N2O7. The molecule has 1 aliphatic heterocycles. The van der Waals surface area contributed by atoms with Crippen molar-refractivity contribution in [3.63, 3.8) is 0 Å². The Labute approximate surface area is 171 Å². The van der Waals surface area contributed by atoms with Gasteiger partial charge in [-0.05, 0) is 12.5 Å². The van der Waals surface area contributed by atoms with E-state index in [0.29, 0.717) is 5.56 Å². The minimum atomic E-state index is -1.17. The molecule has 1 amide bonds. The maximum atomic E-state index is 12.8. The fourth-order valence-electron chi connectivity index (χ4n) is 3.35. The predicted octanol–water partition coefficient (Wildman–Crippen LogP) is 2.80. The number of carboxylic acid groups (broad SMARTS) is 1. The number of rotatable bonds is 6. The summed E-state index contributed by atoms with van der Waals surface area (Å²) in [6.45, 7) is 1.55. The van der Waals surface area contributed by atoms with Gasteiger partial charge in [0.1, 0.15) is 5.76 Å². The number of aryl methyl sites for hydroxylation is 1. The molecule has 0 saturated carbocycles. The number of carbonyl (C=O) groups excluding carboxylic acids is 2. The Hall–Kier alpha value is -4.01. The first-order valence-electron chi connectivity index (χ1n) is 9.02. The minimum absolute atomic E-state index is 0.224. The highest BCUT2D eigenvalue weighted by Crippen LogP contribution is 2.40. The lowest BCUT2D eigenvalue weighted by Gasteiger charge is -2.24. The summed E-state index contributed by atoms with van der Waals surface area (Å²) >= 11 is 0. The normalized spacial score (nSPS) is 17.9. The smallest absolute Gasteiger partial charge is 0.305 e. The number of nitro groups is 1. The van der Waals surface area contributed by atoms with Gasteiger partial charge in [-0.1, -0.05) is 42.0 Å². The van der Waals surface area contributed by atoms with Crippen molar-refractivity contribution < 1.29 is 29.5 Å². The van der Waals surface area contributed by atoms with Crippen LogP contribution in [0.4, 0.5) is 5.69 Å².